The summed E-state index contributed by atoms with van der Waals surface area (Å²) in [7, 11) is 0. The molecule has 1 aliphatic rings. The van der Waals surface area contributed by atoms with Gasteiger partial charge in [-0.25, -0.2) is 4.39 Å². The molecule has 1 heterocycles. The summed E-state index contributed by atoms with van der Waals surface area (Å²) in [5, 5.41) is 0. The molecule has 3 nitrogen and oxygen atoms in total. The molecule has 100 valence electrons. The van der Waals surface area contributed by atoms with Gasteiger partial charge in [-0.15, -0.1) is 0 Å². The zero-order chi connectivity index (χ0) is 13.0. The third-order valence-corrected chi connectivity index (χ3v) is 3.58. The van der Waals surface area contributed by atoms with Crippen molar-refractivity contribution in [1.29, 1.82) is 0 Å². The Bertz CT molecular complexity index is 391. The second-order valence-electron chi connectivity index (χ2n) is 5.01. The van der Waals surface area contributed by atoms with E-state index in [9.17, 15) is 4.39 Å². The van der Waals surface area contributed by atoms with Crippen LogP contribution in [0.3, 0.4) is 0 Å². The topological polar surface area (TPSA) is 47.3 Å². The Balaban J connectivity index is 1.96. The average molecular weight is 252 g/mol. The lowest BCUT2D eigenvalue weighted by molar-refractivity contribution is 0.0946. The number of nitrogens with one attached hydrogen (secondary N) is 1. The molecule has 1 saturated heterocycles. The standard InChI is InChI=1S/C14H21FN2O/c1-10-7-12(15)5-4-11(10)8-13(17-16)9-14-3-2-6-18-14/h4-5,7,13-14,17H,2-3,6,8-9,16H2,1H3. The van der Waals surface area contributed by atoms with Crippen LogP contribution >= 0.6 is 0 Å². The molecule has 1 fully saturated rings. The lowest BCUT2D eigenvalue weighted by atomic mass is 9.97. The molecule has 0 amide bonds. The fraction of sp³-hybridized carbons (Fsp3) is 0.571. The van der Waals surface area contributed by atoms with Gasteiger partial charge in [0.1, 0.15) is 5.82 Å². The fourth-order valence-corrected chi connectivity index (χ4v) is 2.51. The zero-order valence-corrected chi connectivity index (χ0v) is 10.8. The van der Waals surface area contributed by atoms with Gasteiger partial charge in [0.2, 0.25) is 0 Å². The lowest BCUT2D eigenvalue weighted by Crippen LogP contribution is -2.39. The molecule has 0 bridgehead atoms. The van der Waals surface area contributed by atoms with E-state index in [-0.39, 0.29) is 11.9 Å². The van der Waals surface area contributed by atoms with E-state index in [0.29, 0.717) is 6.10 Å². The Kier molecular flexibility index (Phi) is 4.69. The van der Waals surface area contributed by atoms with Crippen molar-refractivity contribution in [1.82, 2.24) is 5.43 Å². The lowest BCUT2D eigenvalue weighted by Gasteiger charge is -2.20. The molecule has 0 radical (unpaired) electrons. The van der Waals surface area contributed by atoms with E-state index in [1.54, 1.807) is 6.07 Å². The molecule has 2 atom stereocenters. The molecular weight excluding hydrogens is 231 g/mol. The van der Waals surface area contributed by atoms with Gasteiger partial charge in [0, 0.05) is 12.6 Å². The number of halogens is 1. The van der Waals surface area contributed by atoms with Gasteiger partial charge in [-0.3, -0.25) is 11.3 Å². The van der Waals surface area contributed by atoms with E-state index in [1.165, 1.54) is 6.07 Å². The molecule has 3 N–H and O–H groups in total. The van der Waals surface area contributed by atoms with Gasteiger partial charge in [0.05, 0.1) is 6.10 Å². The molecule has 4 heteroatoms. The largest absolute Gasteiger partial charge is 0.378 e. The molecule has 1 aromatic carbocycles. The molecular formula is C14H21FN2O. The fourth-order valence-electron chi connectivity index (χ4n) is 2.51. The van der Waals surface area contributed by atoms with Crippen LogP contribution in [0.2, 0.25) is 0 Å². The van der Waals surface area contributed by atoms with E-state index in [2.05, 4.69) is 5.43 Å². The normalized spacial score (nSPS) is 21.2. The van der Waals surface area contributed by atoms with Crippen molar-refractivity contribution in [3.8, 4) is 0 Å². The van der Waals surface area contributed by atoms with Crippen molar-refractivity contribution in [2.45, 2.75) is 44.8 Å². The zero-order valence-electron chi connectivity index (χ0n) is 10.8. The highest BCUT2D eigenvalue weighted by molar-refractivity contribution is 5.27. The van der Waals surface area contributed by atoms with Crippen molar-refractivity contribution in [2.75, 3.05) is 6.61 Å². The molecule has 2 rings (SSSR count). The van der Waals surface area contributed by atoms with E-state index >= 15 is 0 Å². The summed E-state index contributed by atoms with van der Waals surface area (Å²) >= 11 is 0. The van der Waals surface area contributed by atoms with Crippen molar-refractivity contribution < 1.29 is 9.13 Å². The van der Waals surface area contributed by atoms with E-state index in [0.717, 1.165) is 43.4 Å². The minimum absolute atomic E-state index is 0.178. The molecule has 0 aliphatic carbocycles. The number of benzene rings is 1. The summed E-state index contributed by atoms with van der Waals surface area (Å²) in [6.07, 6.45) is 4.28. The first-order valence-corrected chi connectivity index (χ1v) is 6.52. The first-order chi connectivity index (χ1) is 8.69. The summed E-state index contributed by atoms with van der Waals surface area (Å²) in [6.45, 7) is 2.79. The predicted octanol–water partition coefficient (Wildman–Crippen LogP) is 2.08. The van der Waals surface area contributed by atoms with E-state index in [1.807, 2.05) is 13.0 Å². The third-order valence-electron chi connectivity index (χ3n) is 3.58. The Morgan fingerprint density at radius 3 is 3.00 bits per heavy atom. The number of hydrazine groups is 1. The minimum Gasteiger partial charge on any atom is -0.378 e. The first-order valence-electron chi connectivity index (χ1n) is 6.52. The Morgan fingerprint density at radius 2 is 2.39 bits per heavy atom. The van der Waals surface area contributed by atoms with Gasteiger partial charge in [-0.05, 0) is 55.9 Å². The van der Waals surface area contributed by atoms with Crippen LogP contribution in [-0.2, 0) is 11.2 Å². The van der Waals surface area contributed by atoms with Gasteiger partial charge in [-0.2, -0.15) is 0 Å². The molecule has 18 heavy (non-hydrogen) atoms. The molecule has 1 aromatic rings. The summed E-state index contributed by atoms with van der Waals surface area (Å²) in [4.78, 5) is 0. The maximum Gasteiger partial charge on any atom is 0.123 e. The maximum absolute atomic E-state index is 13.0. The number of nitrogens with two attached hydrogens (primary N) is 1. The number of hydrogen-bond donors (Lipinski definition) is 2. The van der Waals surface area contributed by atoms with Gasteiger partial charge >= 0.3 is 0 Å². The summed E-state index contributed by atoms with van der Waals surface area (Å²) in [5.74, 6) is 5.41. The molecule has 2 unspecified atom stereocenters. The molecule has 0 spiro atoms. The van der Waals surface area contributed by atoms with Crippen LogP contribution < -0.4 is 11.3 Å². The van der Waals surface area contributed by atoms with Crippen LogP contribution in [0.5, 0.6) is 0 Å². The van der Waals surface area contributed by atoms with Crippen molar-refractivity contribution >= 4 is 0 Å². The highest BCUT2D eigenvalue weighted by Crippen LogP contribution is 2.20. The smallest absolute Gasteiger partial charge is 0.123 e. The third kappa shape index (κ3) is 3.51. The van der Waals surface area contributed by atoms with Crippen molar-refractivity contribution in [3.63, 3.8) is 0 Å². The summed E-state index contributed by atoms with van der Waals surface area (Å²) in [6, 6.07) is 5.08. The number of rotatable bonds is 5. The predicted molar refractivity (Wildman–Crippen MR) is 69.5 cm³/mol. The van der Waals surface area contributed by atoms with E-state index < -0.39 is 0 Å². The van der Waals surface area contributed by atoms with Crippen LogP contribution in [0.1, 0.15) is 30.4 Å². The highest BCUT2D eigenvalue weighted by Gasteiger charge is 2.20. The van der Waals surface area contributed by atoms with Crippen molar-refractivity contribution in [3.05, 3.63) is 35.1 Å². The highest BCUT2D eigenvalue weighted by atomic mass is 19.1. The monoisotopic (exact) mass is 252 g/mol. The Morgan fingerprint density at radius 1 is 1.56 bits per heavy atom. The quantitative estimate of drug-likeness (QED) is 0.623. The number of ether oxygens (including phenoxy) is 1. The van der Waals surface area contributed by atoms with E-state index in [4.69, 9.17) is 10.6 Å². The second-order valence-corrected chi connectivity index (χ2v) is 5.01. The van der Waals surface area contributed by atoms with Crippen LogP contribution in [0.25, 0.3) is 0 Å². The van der Waals surface area contributed by atoms with Crippen LogP contribution in [0.15, 0.2) is 18.2 Å². The van der Waals surface area contributed by atoms with Crippen LogP contribution in [-0.4, -0.2) is 18.8 Å². The van der Waals surface area contributed by atoms with Gasteiger partial charge in [0.15, 0.2) is 0 Å². The second kappa shape index (κ2) is 6.27. The van der Waals surface area contributed by atoms with Crippen LogP contribution in [0, 0.1) is 12.7 Å². The number of hydrogen-bond acceptors (Lipinski definition) is 3. The SMILES string of the molecule is Cc1cc(F)ccc1CC(CC1CCCO1)NN. The Labute approximate surface area is 107 Å². The van der Waals surface area contributed by atoms with Crippen molar-refractivity contribution in [2.24, 2.45) is 5.84 Å². The van der Waals surface area contributed by atoms with Crippen LogP contribution in [0.4, 0.5) is 4.39 Å². The summed E-state index contributed by atoms with van der Waals surface area (Å²) in [5.41, 5.74) is 4.96. The molecule has 1 aliphatic heterocycles. The van der Waals surface area contributed by atoms with Gasteiger partial charge < -0.3 is 4.74 Å². The molecule has 0 saturated carbocycles. The van der Waals surface area contributed by atoms with Gasteiger partial charge in [-0.1, -0.05) is 6.07 Å². The summed E-state index contributed by atoms with van der Waals surface area (Å²) < 4.78 is 18.7. The Hall–Kier alpha value is -0.970. The maximum atomic E-state index is 13.0. The molecule has 0 aromatic heterocycles. The number of aryl methyl sites for hydroxylation is 1. The first kappa shape index (κ1) is 13.5. The minimum atomic E-state index is -0.187. The van der Waals surface area contributed by atoms with Gasteiger partial charge in [0.25, 0.3) is 0 Å². The average Bonchev–Trinajstić information content (AvgIpc) is 2.84.